The van der Waals surface area contributed by atoms with Crippen molar-refractivity contribution in [2.45, 2.75) is 26.7 Å². The van der Waals surface area contributed by atoms with Crippen molar-refractivity contribution in [2.75, 3.05) is 12.8 Å². The van der Waals surface area contributed by atoms with E-state index in [1.165, 1.54) is 0 Å². The lowest BCUT2D eigenvalue weighted by atomic mass is 9.98. The van der Waals surface area contributed by atoms with Crippen molar-refractivity contribution in [3.63, 3.8) is 0 Å². The molecule has 0 aliphatic rings. The average Bonchev–Trinajstić information content (AvgIpc) is 2.71. The summed E-state index contributed by atoms with van der Waals surface area (Å²) in [7, 11) is 1.65. The van der Waals surface area contributed by atoms with Crippen LogP contribution in [0.1, 0.15) is 31.1 Å². The van der Waals surface area contributed by atoms with Gasteiger partial charge in [-0.1, -0.05) is 30.6 Å². The van der Waals surface area contributed by atoms with Crippen molar-refractivity contribution in [3.8, 4) is 16.9 Å². The van der Waals surface area contributed by atoms with Crippen LogP contribution >= 0.6 is 0 Å². The summed E-state index contributed by atoms with van der Waals surface area (Å²) in [6.45, 7) is 6.12. The van der Waals surface area contributed by atoms with Crippen LogP contribution in [0.5, 0.6) is 5.75 Å². The molecule has 0 atom stereocenters. The molecule has 2 rings (SSSR count). The molecule has 0 fully saturated rings. The summed E-state index contributed by atoms with van der Waals surface area (Å²) in [5.41, 5.74) is 8.83. The Balaban J connectivity index is 2.68. The number of nitrogens with two attached hydrogens (primary N) is 1. The van der Waals surface area contributed by atoms with Crippen LogP contribution in [0.2, 0.25) is 0 Å². The van der Waals surface area contributed by atoms with Crippen LogP contribution in [0.15, 0.2) is 22.7 Å². The van der Waals surface area contributed by atoms with E-state index in [-0.39, 0.29) is 5.92 Å². The first-order valence-electron chi connectivity index (χ1n) is 5.94. The average molecular weight is 246 g/mol. The Morgan fingerprint density at radius 2 is 2.06 bits per heavy atom. The predicted octanol–water partition coefficient (Wildman–Crippen LogP) is 3.36. The van der Waals surface area contributed by atoms with E-state index < -0.39 is 0 Å². The zero-order valence-electron chi connectivity index (χ0n) is 11.2. The minimum Gasteiger partial charge on any atom is -0.496 e. The molecule has 1 aromatic heterocycles. The number of hydrogen-bond donors (Lipinski definition) is 1. The maximum absolute atomic E-state index is 5.92. The Kier molecular flexibility index (Phi) is 3.28. The Morgan fingerprint density at radius 1 is 1.33 bits per heavy atom. The van der Waals surface area contributed by atoms with Crippen molar-refractivity contribution in [3.05, 3.63) is 29.5 Å². The molecular formula is C14H18N2O2. The van der Waals surface area contributed by atoms with Crippen LogP contribution in [-0.2, 0) is 0 Å². The van der Waals surface area contributed by atoms with E-state index in [2.05, 4.69) is 5.16 Å². The summed E-state index contributed by atoms with van der Waals surface area (Å²) >= 11 is 0. The third-order valence-corrected chi connectivity index (χ3v) is 2.89. The van der Waals surface area contributed by atoms with Gasteiger partial charge in [0.1, 0.15) is 11.5 Å². The fourth-order valence-corrected chi connectivity index (χ4v) is 2.00. The minimum atomic E-state index is 0.218. The standard InChI is InChI=1S/C14H18N2O2/c1-8(2)13-12(14(15)16-18-13)10-7-9(3)5-6-11(10)17-4/h5-8H,1-4H3,(H2,15,16). The first-order valence-corrected chi connectivity index (χ1v) is 5.94. The second-order valence-corrected chi connectivity index (χ2v) is 4.67. The fraction of sp³-hybridized carbons (Fsp3) is 0.357. The molecule has 96 valence electrons. The van der Waals surface area contributed by atoms with E-state index >= 15 is 0 Å². The summed E-state index contributed by atoms with van der Waals surface area (Å²) in [5.74, 6) is 2.19. The molecule has 1 heterocycles. The largest absolute Gasteiger partial charge is 0.496 e. The second kappa shape index (κ2) is 4.72. The van der Waals surface area contributed by atoms with Crippen molar-refractivity contribution < 1.29 is 9.26 Å². The van der Waals surface area contributed by atoms with Gasteiger partial charge < -0.3 is 15.0 Å². The molecule has 18 heavy (non-hydrogen) atoms. The topological polar surface area (TPSA) is 61.3 Å². The summed E-state index contributed by atoms with van der Waals surface area (Å²) in [6, 6.07) is 5.97. The van der Waals surface area contributed by atoms with Crippen molar-refractivity contribution in [2.24, 2.45) is 0 Å². The normalized spacial score (nSPS) is 10.9. The Morgan fingerprint density at radius 3 is 2.67 bits per heavy atom. The summed E-state index contributed by atoms with van der Waals surface area (Å²) in [6.07, 6.45) is 0. The van der Waals surface area contributed by atoms with Crippen molar-refractivity contribution in [1.29, 1.82) is 0 Å². The van der Waals surface area contributed by atoms with Crippen molar-refractivity contribution in [1.82, 2.24) is 5.16 Å². The van der Waals surface area contributed by atoms with Crippen molar-refractivity contribution >= 4 is 5.82 Å². The lowest BCUT2D eigenvalue weighted by Crippen LogP contribution is -1.95. The highest BCUT2D eigenvalue weighted by Crippen LogP contribution is 2.39. The molecule has 2 N–H and O–H groups in total. The van der Waals surface area contributed by atoms with Crippen LogP contribution < -0.4 is 10.5 Å². The van der Waals surface area contributed by atoms with Gasteiger partial charge in [-0.05, 0) is 19.1 Å². The molecule has 4 heteroatoms. The summed E-state index contributed by atoms with van der Waals surface area (Å²) in [4.78, 5) is 0. The molecule has 0 saturated heterocycles. The number of nitrogens with zero attached hydrogens (tertiary/aromatic N) is 1. The van der Waals surface area contributed by atoms with Crippen LogP contribution in [0.4, 0.5) is 5.82 Å². The Hall–Kier alpha value is -1.97. The third kappa shape index (κ3) is 2.06. The zero-order chi connectivity index (χ0) is 13.3. The molecular weight excluding hydrogens is 228 g/mol. The Bertz CT molecular complexity index is 559. The molecule has 0 aliphatic carbocycles. The highest BCUT2D eigenvalue weighted by Gasteiger charge is 2.21. The van der Waals surface area contributed by atoms with Crippen LogP contribution in [0.25, 0.3) is 11.1 Å². The zero-order valence-corrected chi connectivity index (χ0v) is 11.2. The summed E-state index contributed by atoms with van der Waals surface area (Å²) in [5, 5.41) is 3.87. The predicted molar refractivity (Wildman–Crippen MR) is 71.7 cm³/mol. The number of rotatable bonds is 3. The van der Waals surface area contributed by atoms with Gasteiger partial charge in [-0.2, -0.15) is 0 Å². The van der Waals surface area contributed by atoms with E-state index in [9.17, 15) is 0 Å². The van der Waals surface area contributed by atoms with E-state index in [0.29, 0.717) is 5.82 Å². The maximum Gasteiger partial charge on any atom is 0.175 e. The van der Waals surface area contributed by atoms with Gasteiger partial charge >= 0.3 is 0 Å². The molecule has 0 aliphatic heterocycles. The highest BCUT2D eigenvalue weighted by molar-refractivity contribution is 5.80. The second-order valence-electron chi connectivity index (χ2n) is 4.67. The van der Waals surface area contributed by atoms with E-state index in [1.807, 2.05) is 39.0 Å². The van der Waals surface area contributed by atoms with Gasteiger partial charge in [0, 0.05) is 11.5 Å². The number of methoxy groups -OCH3 is 1. The van der Waals surface area contributed by atoms with Gasteiger partial charge in [-0.15, -0.1) is 0 Å². The van der Waals surface area contributed by atoms with Gasteiger partial charge in [0.05, 0.1) is 12.7 Å². The van der Waals surface area contributed by atoms with Gasteiger partial charge in [0.15, 0.2) is 5.82 Å². The van der Waals surface area contributed by atoms with E-state index in [4.69, 9.17) is 15.0 Å². The number of anilines is 1. The maximum atomic E-state index is 5.92. The summed E-state index contributed by atoms with van der Waals surface area (Å²) < 4.78 is 10.7. The SMILES string of the molecule is COc1ccc(C)cc1-c1c(N)noc1C(C)C. The molecule has 2 aromatic rings. The lowest BCUT2D eigenvalue weighted by molar-refractivity contribution is 0.374. The van der Waals surface area contributed by atoms with Crippen LogP contribution in [-0.4, -0.2) is 12.3 Å². The molecule has 0 radical (unpaired) electrons. The number of benzene rings is 1. The van der Waals surface area contributed by atoms with E-state index in [1.54, 1.807) is 7.11 Å². The molecule has 0 bridgehead atoms. The number of aryl methyl sites for hydroxylation is 1. The molecule has 4 nitrogen and oxygen atoms in total. The first-order chi connectivity index (χ1) is 8.54. The number of ether oxygens (including phenoxy) is 1. The molecule has 0 amide bonds. The Labute approximate surface area is 107 Å². The molecule has 0 saturated carbocycles. The van der Waals surface area contributed by atoms with Gasteiger partial charge in [0.25, 0.3) is 0 Å². The smallest absolute Gasteiger partial charge is 0.175 e. The number of aromatic nitrogens is 1. The minimum absolute atomic E-state index is 0.218. The first kappa shape index (κ1) is 12.5. The quantitative estimate of drug-likeness (QED) is 0.902. The number of nitrogen functional groups attached to an aromatic ring is 1. The van der Waals surface area contributed by atoms with E-state index in [0.717, 1.165) is 28.2 Å². The monoisotopic (exact) mass is 246 g/mol. The molecule has 0 spiro atoms. The van der Waals surface area contributed by atoms with Crippen LogP contribution in [0.3, 0.4) is 0 Å². The molecule has 1 aromatic carbocycles. The lowest BCUT2D eigenvalue weighted by Gasteiger charge is -2.10. The number of hydrogen-bond acceptors (Lipinski definition) is 4. The van der Waals surface area contributed by atoms with Gasteiger partial charge in [-0.3, -0.25) is 0 Å². The van der Waals surface area contributed by atoms with Crippen LogP contribution in [0, 0.1) is 6.92 Å². The third-order valence-electron chi connectivity index (χ3n) is 2.89. The van der Waals surface area contributed by atoms with Gasteiger partial charge in [-0.25, -0.2) is 0 Å². The highest BCUT2D eigenvalue weighted by atomic mass is 16.5. The molecule has 0 unspecified atom stereocenters. The van der Waals surface area contributed by atoms with Gasteiger partial charge in [0.2, 0.25) is 0 Å². The fourth-order valence-electron chi connectivity index (χ4n) is 2.00.